The van der Waals surface area contributed by atoms with Gasteiger partial charge in [-0.2, -0.15) is 0 Å². The van der Waals surface area contributed by atoms with E-state index < -0.39 is 23.5 Å². The van der Waals surface area contributed by atoms with Gasteiger partial charge in [0, 0.05) is 19.0 Å². The van der Waals surface area contributed by atoms with Crippen LogP contribution in [0.25, 0.3) is 0 Å². The molecule has 0 aromatic heterocycles. The predicted molar refractivity (Wildman–Crippen MR) is 70.5 cm³/mol. The molecule has 1 amide bonds. The van der Waals surface area contributed by atoms with Crippen molar-refractivity contribution in [1.29, 1.82) is 0 Å². The van der Waals surface area contributed by atoms with Gasteiger partial charge in [0.05, 0.1) is 12.1 Å². The molecule has 0 heterocycles. The second kappa shape index (κ2) is 7.57. The number of benzene rings is 1. The van der Waals surface area contributed by atoms with Crippen LogP contribution >= 0.6 is 0 Å². The molecule has 20 heavy (non-hydrogen) atoms. The highest BCUT2D eigenvalue weighted by molar-refractivity contribution is 5.93. The smallest absolute Gasteiger partial charge is 0.305 e. The lowest BCUT2D eigenvalue weighted by atomic mass is 10.2. The molecule has 0 aliphatic carbocycles. The van der Waals surface area contributed by atoms with E-state index in [1.165, 1.54) is 0 Å². The van der Waals surface area contributed by atoms with Gasteiger partial charge in [-0.1, -0.05) is 13.3 Å². The highest BCUT2D eigenvalue weighted by atomic mass is 19.1. The van der Waals surface area contributed by atoms with Gasteiger partial charge in [-0.05, 0) is 18.6 Å². The Morgan fingerprint density at radius 3 is 2.55 bits per heavy atom. The summed E-state index contributed by atoms with van der Waals surface area (Å²) in [5, 5.41) is 8.69. The largest absolute Gasteiger partial charge is 0.481 e. The standard InChI is InChI=1S/C14H17F2NO3/c1-2-3-4-13(18)17(8-7-14(19)20)12-9-10(15)5-6-11(12)16/h5-6,9H,2-4,7-8H2,1H3,(H,19,20). The molecular weight excluding hydrogens is 268 g/mol. The molecule has 6 heteroatoms. The van der Waals surface area contributed by atoms with Gasteiger partial charge in [-0.3, -0.25) is 9.59 Å². The molecule has 1 N–H and O–H groups in total. The average molecular weight is 285 g/mol. The summed E-state index contributed by atoms with van der Waals surface area (Å²) >= 11 is 0. The zero-order valence-corrected chi connectivity index (χ0v) is 11.2. The van der Waals surface area contributed by atoms with Crippen molar-refractivity contribution >= 4 is 17.6 Å². The Hall–Kier alpha value is -1.98. The van der Waals surface area contributed by atoms with Crippen molar-refractivity contribution in [2.24, 2.45) is 0 Å². The van der Waals surface area contributed by atoms with E-state index in [1.54, 1.807) is 0 Å². The third kappa shape index (κ3) is 4.60. The van der Waals surface area contributed by atoms with Crippen LogP contribution in [0.4, 0.5) is 14.5 Å². The third-order valence-corrected chi connectivity index (χ3v) is 2.79. The number of rotatable bonds is 7. The molecule has 0 bridgehead atoms. The lowest BCUT2D eigenvalue weighted by Crippen LogP contribution is -2.33. The van der Waals surface area contributed by atoms with Gasteiger partial charge in [0.25, 0.3) is 0 Å². The number of anilines is 1. The van der Waals surface area contributed by atoms with Gasteiger partial charge in [-0.15, -0.1) is 0 Å². The molecule has 0 radical (unpaired) electrons. The minimum atomic E-state index is -1.10. The summed E-state index contributed by atoms with van der Waals surface area (Å²) in [5.74, 6) is -2.93. The van der Waals surface area contributed by atoms with Crippen molar-refractivity contribution in [3.63, 3.8) is 0 Å². The van der Waals surface area contributed by atoms with E-state index in [4.69, 9.17) is 5.11 Å². The van der Waals surface area contributed by atoms with Crippen molar-refractivity contribution in [1.82, 2.24) is 0 Å². The van der Waals surface area contributed by atoms with E-state index in [0.717, 1.165) is 29.5 Å². The van der Waals surface area contributed by atoms with Gasteiger partial charge in [0.2, 0.25) is 5.91 Å². The molecule has 1 aromatic carbocycles. The van der Waals surface area contributed by atoms with Crippen molar-refractivity contribution < 1.29 is 23.5 Å². The molecule has 0 saturated carbocycles. The SMILES string of the molecule is CCCCC(=O)N(CCC(=O)O)c1cc(F)ccc1F. The average Bonchev–Trinajstić information content (AvgIpc) is 2.40. The number of aliphatic carboxylic acids is 1. The summed E-state index contributed by atoms with van der Waals surface area (Å²) in [4.78, 5) is 23.6. The first kappa shape index (κ1) is 16.1. The molecule has 0 fully saturated rings. The first-order valence-corrected chi connectivity index (χ1v) is 6.43. The number of carbonyl (C=O) groups is 2. The Bertz CT molecular complexity index is 491. The Labute approximate surface area is 116 Å². The van der Waals surface area contributed by atoms with E-state index in [-0.39, 0.29) is 25.1 Å². The molecule has 0 aliphatic rings. The van der Waals surface area contributed by atoms with E-state index in [2.05, 4.69) is 0 Å². The normalized spacial score (nSPS) is 10.3. The van der Waals surface area contributed by atoms with Crippen LogP contribution < -0.4 is 4.90 Å². The monoisotopic (exact) mass is 285 g/mol. The van der Waals surface area contributed by atoms with Crippen molar-refractivity contribution in [3.8, 4) is 0 Å². The lowest BCUT2D eigenvalue weighted by Gasteiger charge is -2.22. The van der Waals surface area contributed by atoms with Crippen LogP contribution in [0.3, 0.4) is 0 Å². The number of hydrogen-bond donors (Lipinski definition) is 1. The maximum Gasteiger partial charge on any atom is 0.305 e. The molecule has 110 valence electrons. The summed E-state index contributed by atoms with van der Waals surface area (Å²) in [6.07, 6.45) is 1.24. The first-order chi connectivity index (χ1) is 9.45. The molecule has 0 atom stereocenters. The third-order valence-electron chi connectivity index (χ3n) is 2.79. The first-order valence-electron chi connectivity index (χ1n) is 6.43. The van der Waals surface area contributed by atoms with Crippen LogP contribution in [0.1, 0.15) is 32.6 Å². The van der Waals surface area contributed by atoms with E-state index >= 15 is 0 Å². The van der Waals surface area contributed by atoms with Crippen LogP contribution in [-0.4, -0.2) is 23.5 Å². The number of carboxylic acids is 1. The van der Waals surface area contributed by atoms with E-state index in [0.29, 0.717) is 6.42 Å². The summed E-state index contributed by atoms with van der Waals surface area (Å²) in [6.45, 7) is 1.72. The summed E-state index contributed by atoms with van der Waals surface area (Å²) in [5.41, 5.74) is -0.215. The Morgan fingerprint density at radius 2 is 1.95 bits per heavy atom. The highest BCUT2D eigenvalue weighted by Crippen LogP contribution is 2.22. The fraction of sp³-hybridized carbons (Fsp3) is 0.429. The zero-order valence-electron chi connectivity index (χ0n) is 11.2. The second-order valence-electron chi connectivity index (χ2n) is 4.39. The summed E-state index contributed by atoms with van der Waals surface area (Å²) < 4.78 is 26.9. The minimum Gasteiger partial charge on any atom is -0.481 e. The minimum absolute atomic E-state index is 0.173. The number of amides is 1. The molecule has 0 saturated heterocycles. The molecule has 1 rings (SSSR count). The fourth-order valence-corrected chi connectivity index (χ4v) is 1.74. The fourth-order valence-electron chi connectivity index (χ4n) is 1.74. The Morgan fingerprint density at radius 1 is 1.25 bits per heavy atom. The quantitative estimate of drug-likeness (QED) is 0.838. The van der Waals surface area contributed by atoms with E-state index in [1.807, 2.05) is 6.92 Å². The maximum atomic E-state index is 13.7. The highest BCUT2D eigenvalue weighted by Gasteiger charge is 2.20. The van der Waals surface area contributed by atoms with Gasteiger partial charge in [-0.25, -0.2) is 8.78 Å². The maximum absolute atomic E-state index is 13.7. The van der Waals surface area contributed by atoms with Crippen LogP contribution in [0.15, 0.2) is 18.2 Å². The summed E-state index contributed by atoms with van der Waals surface area (Å²) in [7, 11) is 0. The molecular formula is C14H17F2NO3. The van der Waals surface area contributed by atoms with Crippen LogP contribution in [0.5, 0.6) is 0 Å². The number of hydrogen-bond acceptors (Lipinski definition) is 2. The molecule has 1 aromatic rings. The number of halogens is 2. The summed E-state index contributed by atoms with van der Waals surface area (Å²) in [6, 6.07) is 2.78. The molecule has 4 nitrogen and oxygen atoms in total. The molecule has 0 unspecified atom stereocenters. The number of carbonyl (C=O) groups excluding carboxylic acids is 1. The van der Waals surface area contributed by atoms with Gasteiger partial charge >= 0.3 is 5.97 Å². The van der Waals surface area contributed by atoms with Gasteiger partial charge in [0.15, 0.2) is 0 Å². The number of unbranched alkanes of at least 4 members (excludes halogenated alkanes) is 1. The van der Waals surface area contributed by atoms with Gasteiger partial charge < -0.3 is 10.0 Å². The molecule has 0 aliphatic heterocycles. The zero-order chi connectivity index (χ0) is 15.1. The van der Waals surface area contributed by atoms with Gasteiger partial charge in [0.1, 0.15) is 11.6 Å². The van der Waals surface area contributed by atoms with Crippen molar-refractivity contribution in [2.45, 2.75) is 32.6 Å². The molecule has 0 spiro atoms. The van der Waals surface area contributed by atoms with Crippen LogP contribution in [0.2, 0.25) is 0 Å². The van der Waals surface area contributed by atoms with E-state index in [9.17, 15) is 18.4 Å². The lowest BCUT2D eigenvalue weighted by molar-refractivity contribution is -0.136. The van der Waals surface area contributed by atoms with Crippen molar-refractivity contribution in [3.05, 3.63) is 29.8 Å². The second-order valence-corrected chi connectivity index (χ2v) is 4.39. The Kier molecular flexibility index (Phi) is 6.09. The topological polar surface area (TPSA) is 57.6 Å². The van der Waals surface area contributed by atoms with Crippen LogP contribution in [-0.2, 0) is 9.59 Å². The van der Waals surface area contributed by atoms with Crippen molar-refractivity contribution in [2.75, 3.05) is 11.4 Å². The number of nitrogens with zero attached hydrogens (tertiary/aromatic N) is 1. The predicted octanol–water partition coefficient (Wildman–Crippen LogP) is 2.96. The number of carboxylic acid groups (broad SMARTS) is 1. The van der Waals surface area contributed by atoms with Crippen LogP contribution in [0, 0.1) is 11.6 Å². The Balaban J connectivity index is 2.98.